The number of amides is 1. The van der Waals surface area contributed by atoms with Gasteiger partial charge in [-0.2, -0.15) is 0 Å². The summed E-state index contributed by atoms with van der Waals surface area (Å²) in [5.41, 5.74) is 1.29. The summed E-state index contributed by atoms with van der Waals surface area (Å²) >= 11 is 0. The zero-order chi connectivity index (χ0) is 18.5. The Hall–Kier alpha value is -2.18. The molecule has 144 valence electrons. The fraction of sp³-hybridized carbons (Fsp3) is 0.524. The van der Waals surface area contributed by atoms with E-state index in [1.54, 1.807) is 6.07 Å². The molecule has 6 nitrogen and oxygen atoms in total. The van der Waals surface area contributed by atoms with Gasteiger partial charge in [-0.1, -0.05) is 0 Å². The van der Waals surface area contributed by atoms with E-state index >= 15 is 0 Å². The van der Waals surface area contributed by atoms with E-state index in [4.69, 9.17) is 4.42 Å². The Labute approximate surface area is 160 Å². The van der Waals surface area contributed by atoms with E-state index in [0.29, 0.717) is 5.76 Å². The third kappa shape index (κ3) is 4.96. The van der Waals surface area contributed by atoms with Gasteiger partial charge in [0.15, 0.2) is 5.76 Å². The minimum atomic E-state index is -0.0877. The molecule has 0 aliphatic carbocycles. The maximum Gasteiger partial charge on any atom is 0.287 e. The standard InChI is InChI=1S/C21H28N4O2/c26-21(20-4-3-19(27-20)16-24-11-1-2-12-24)23-18-7-13-25(14-8-18)15-17-5-9-22-10-6-17/h3-6,9-10,18H,1-2,7-8,11-16H2,(H,23,26). The zero-order valence-electron chi connectivity index (χ0n) is 15.8. The lowest BCUT2D eigenvalue weighted by Crippen LogP contribution is -2.44. The molecule has 2 saturated heterocycles. The van der Waals surface area contributed by atoms with E-state index in [9.17, 15) is 4.79 Å². The Morgan fingerprint density at radius 3 is 2.44 bits per heavy atom. The van der Waals surface area contributed by atoms with Crippen LogP contribution in [0.4, 0.5) is 0 Å². The minimum Gasteiger partial charge on any atom is -0.455 e. The number of aromatic nitrogens is 1. The van der Waals surface area contributed by atoms with Crippen molar-refractivity contribution in [2.24, 2.45) is 0 Å². The maximum atomic E-state index is 12.5. The van der Waals surface area contributed by atoms with E-state index in [-0.39, 0.29) is 11.9 Å². The largest absolute Gasteiger partial charge is 0.455 e. The summed E-state index contributed by atoms with van der Waals surface area (Å²) in [5, 5.41) is 3.14. The fourth-order valence-corrected chi connectivity index (χ4v) is 3.98. The molecule has 0 bridgehead atoms. The number of nitrogens with zero attached hydrogens (tertiary/aromatic N) is 3. The van der Waals surface area contributed by atoms with Crippen molar-refractivity contribution < 1.29 is 9.21 Å². The van der Waals surface area contributed by atoms with Crippen LogP contribution in [0.15, 0.2) is 41.1 Å². The lowest BCUT2D eigenvalue weighted by molar-refractivity contribution is 0.0877. The molecule has 4 heterocycles. The number of carbonyl (C=O) groups is 1. The predicted molar refractivity (Wildman–Crippen MR) is 103 cm³/mol. The average molecular weight is 368 g/mol. The Balaban J connectivity index is 1.23. The summed E-state index contributed by atoms with van der Waals surface area (Å²) in [5.74, 6) is 1.23. The van der Waals surface area contributed by atoms with Gasteiger partial charge in [0.05, 0.1) is 6.54 Å². The van der Waals surface area contributed by atoms with Crippen LogP contribution in [0.3, 0.4) is 0 Å². The molecule has 1 N–H and O–H groups in total. The molecule has 0 aromatic carbocycles. The second-order valence-electron chi connectivity index (χ2n) is 7.63. The van der Waals surface area contributed by atoms with Crippen molar-refractivity contribution in [3.8, 4) is 0 Å². The Morgan fingerprint density at radius 2 is 1.70 bits per heavy atom. The first-order valence-corrected chi connectivity index (χ1v) is 9.99. The van der Waals surface area contributed by atoms with Crippen molar-refractivity contribution in [3.63, 3.8) is 0 Å². The molecule has 0 unspecified atom stereocenters. The van der Waals surface area contributed by atoms with Crippen molar-refractivity contribution in [3.05, 3.63) is 53.7 Å². The van der Waals surface area contributed by atoms with Crippen LogP contribution in [-0.2, 0) is 13.1 Å². The van der Waals surface area contributed by atoms with Gasteiger partial charge in [-0.15, -0.1) is 0 Å². The second-order valence-corrected chi connectivity index (χ2v) is 7.63. The highest BCUT2D eigenvalue weighted by Gasteiger charge is 2.23. The first-order chi connectivity index (χ1) is 13.3. The van der Waals surface area contributed by atoms with Crippen LogP contribution in [0, 0.1) is 0 Å². The van der Waals surface area contributed by atoms with Crippen LogP contribution < -0.4 is 5.32 Å². The molecule has 6 heteroatoms. The van der Waals surface area contributed by atoms with Gasteiger partial charge >= 0.3 is 0 Å². The van der Waals surface area contributed by atoms with Crippen LogP contribution in [0.2, 0.25) is 0 Å². The van der Waals surface area contributed by atoms with Gasteiger partial charge in [0, 0.05) is 38.1 Å². The molecule has 27 heavy (non-hydrogen) atoms. The van der Waals surface area contributed by atoms with Crippen LogP contribution in [0.1, 0.15) is 47.6 Å². The average Bonchev–Trinajstić information content (AvgIpc) is 3.37. The van der Waals surface area contributed by atoms with Gasteiger partial charge in [0.2, 0.25) is 0 Å². The SMILES string of the molecule is O=C(NC1CCN(Cc2ccncc2)CC1)c1ccc(CN2CCCC2)o1. The molecule has 2 fully saturated rings. The first kappa shape index (κ1) is 18.2. The van der Waals surface area contributed by atoms with Gasteiger partial charge < -0.3 is 9.73 Å². The molecule has 0 spiro atoms. The number of hydrogen-bond donors (Lipinski definition) is 1. The number of furan rings is 1. The molecule has 2 aromatic heterocycles. The van der Waals surface area contributed by atoms with Crippen LogP contribution >= 0.6 is 0 Å². The van der Waals surface area contributed by atoms with Crippen LogP contribution in [-0.4, -0.2) is 52.9 Å². The molecule has 2 aliphatic rings. The molecule has 0 radical (unpaired) electrons. The van der Waals surface area contributed by atoms with E-state index in [1.807, 2.05) is 18.5 Å². The third-order valence-corrected chi connectivity index (χ3v) is 5.54. The molecular formula is C21H28N4O2. The van der Waals surface area contributed by atoms with Crippen LogP contribution in [0.25, 0.3) is 0 Å². The minimum absolute atomic E-state index is 0.0877. The molecule has 0 atom stereocenters. The molecule has 2 aliphatic heterocycles. The van der Waals surface area contributed by atoms with Crippen molar-refractivity contribution in [2.75, 3.05) is 26.2 Å². The number of nitrogens with one attached hydrogen (secondary N) is 1. The van der Waals surface area contributed by atoms with Crippen LogP contribution in [0.5, 0.6) is 0 Å². The van der Waals surface area contributed by atoms with E-state index in [0.717, 1.165) is 57.9 Å². The number of likely N-dealkylation sites (tertiary alicyclic amines) is 2. The van der Waals surface area contributed by atoms with E-state index in [2.05, 4.69) is 32.2 Å². The van der Waals surface area contributed by atoms with Gasteiger partial charge in [-0.3, -0.25) is 19.6 Å². The summed E-state index contributed by atoms with van der Waals surface area (Å²) in [7, 11) is 0. The summed E-state index contributed by atoms with van der Waals surface area (Å²) < 4.78 is 5.78. The Morgan fingerprint density at radius 1 is 1.00 bits per heavy atom. The quantitative estimate of drug-likeness (QED) is 0.849. The van der Waals surface area contributed by atoms with E-state index < -0.39 is 0 Å². The predicted octanol–water partition coefficient (Wildman–Crippen LogP) is 2.66. The molecule has 1 amide bonds. The normalized spacial score (nSPS) is 19.4. The third-order valence-electron chi connectivity index (χ3n) is 5.54. The van der Waals surface area contributed by atoms with Gasteiger partial charge in [-0.25, -0.2) is 0 Å². The fourth-order valence-electron chi connectivity index (χ4n) is 3.98. The first-order valence-electron chi connectivity index (χ1n) is 9.99. The Bertz CT molecular complexity index is 732. The monoisotopic (exact) mass is 368 g/mol. The summed E-state index contributed by atoms with van der Waals surface area (Å²) in [6, 6.07) is 8.08. The lowest BCUT2D eigenvalue weighted by Gasteiger charge is -2.32. The van der Waals surface area contributed by atoms with Crippen molar-refractivity contribution in [1.82, 2.24) is 20.1 Å². The van der Waals surface area contributed by atoms with Gasteiger partial charge in [0.25, 0.3) is 5.91 Å². The smallest absolute Gasteiger partial charge is 0.287 e. The summed E-state index contributed by atoms with van der Waals surface area (Å²) in [4.78, 5) is 21.4. The zero-order valence-corrected chi connectivity index (χ0v) is 15.8. The Kier molecular flexibility index (Phi) is 5.84. The second kappa shape index (κ2) is 8.67. The van der Waals surface area contributed by atoms with Gasteiger partial charge in [-0.05, 0) is 68.6 Å². The topological polar surface area (TPSA) is 61.6 Å². The number of rotatable bonds is 6. The number of pyridine rings is 1. The van der Waals surface area contributed by atoms with Crippen molar-refractivity contribution >= 4 is 5.91 Å². The van der Waals surface area contributed by atoms with Crippen molar-refractivity contribution in [1.29, 1.82) is 0 Å². The highest BCUT2D eigenvalue weighted by Crippen LogP contribution is 2.17. The lowest BCUT2D eigenvalue weighted by atomic mass is 10.0. The summed E-state index contributed by atoms with van der Waals surface area (Å²) in [6.07, 6.45) is 8.13. The highest BCUT2D eigenvalue weighted by molar-refractivity contribution is 5.91. The summed E-state index contributed by atoms with van der Waals surface area (Å²) in [6.45, 7) is 5.99. The molecular weight excluding hydrogens is 340 g/mol. The number of piperidine rings is 1. The maximum absolute atomic E-state index is 12.5. The van der Waals surface area contributed by atoms with Crippen molar-refractivity contribution in [2.45, 2.75) is 44.8 Å². The molecule has 0 saturated carbocycles. The molecule has 4 rings (SSSR count). The molecule has 2 aromatic rings. The number of hydrogen-bond acceptors (Lipinski definition) is 5. The van der Waals surface area contributed by atoms with Gasteiger partial charge in [0.1, 0.15) is 5.76 Å². The van der Waals surface area contributed by atoms with E-state index in [1.165, 1.54) is 18.4 Å². The highest BCUT2D eigenvalue weighted by atomic mass is 16.4. The number of carbonyl (C=O) groups excluding carboxylic acids is 1.